The highest BCUT2D eigenvalue weighted by Crippen LogP contribution is 2.37. The number of carboxylic acid groups (broad SMARTS) is 1. The molecule has 2 atom stereocenters. The molecule has 3 N–H and O–H groups in total. The lowest BCUT2D eigenvalue weighted by atomic mass is 9.98. The number of aromatic nitrogens is 1. The quantitative estimate of drug-likeness (QED) is 0.371. The van der Waals surface area contributed by atoms with Crippen molar-refractivity contribution in [2.45, 2.75) is 24.7 Å². The summed E-state index contributed by atoms with van der Waals surface area (Å²) in [6.07, 6.45) is -5.44. The average Bonchev–Trinajstić information content (AvgIpc) is 3.61. The van der Waals surface area contributed by atoms with Crippen molar-refractivity contribution in [3.05, 3.63) is 70.2 Å². The third kappa shape index (κ3) is 5.07. The number of nitrogens with zero attached hydrogens (tertiary/aromatic N) is 2. The molecule has 4 amide bonds. The van der Waals surface area contributed by atoms with E-state index in [1.807, 2.05) is 0 Å². The number of urea groups is 1. The Kier molecular flexibility index (Phi) is 6.59. The number of rotatable bonds is 7. The summed E-state index contributed by atoms with van der Waals surface area (Å²) in [5.74, 6) is -2.51. The van der Waals surface area contributed by atoms with Crippen LogP contribution in [0.1, 0.15) is 33.2 Å². The molecule has 3 heterocycles. The Labute approximate surface area is 221 Å². The van der Waals surface area contributed by atoms with Crippen LogP contribution in [0.25, 0.3) is 0 Å². The van der Waals surface area contributed by atoms with E-state index in [0.717, 1.165) is 28.8 Å². The van der Waals surface area contributed by atoms with Gasteiger partial charge in [0.2, 0.25) is 12.7 Å². The molecule has 15 heteroatoms. The number of alkyl halides is 3. The molecular formula is C24H17F3N4O7S. The van der Waals surface area contributed by atoms with Gasteiger partial charge in [0.15, 0.2) is 22.3 Å². The summed E-state index contributed by atoms with van der Waals surface area (Å²) < 4.78 is 51.7. The summed E-state index contributed by atoms with van der Waals surface area (Å²) in [7, 11) is 0. The van der Waals surface area contributed by atoms with Gasteiger partial charge in [-0.25, -0.2) is 19.5 Å². The molecule has 3 aromatic rings. The van der Waals surface area contributed by atoms with Crippen LogP contribution in [-0.4, -0.2) is 51.6 Å². The van der Waals surface area contributed by atoms with Gasteiger partial charge in [-0.1, -0.05) is 24.3 Å². The number of benzene rings is 2. The lowest BCUT2D eigenvalue weighted by Crippen LogP contribution is -2.49. The standard InChI is InChI=1S/C24H17F3N4O7S/c25-24(26,27)13-4-2-1-3-11(13)7-15(19(32)30-22-28-14(9-39-22)21(34)35)31-20(33)18(29-23(31)36)12-5-6-16-17(8-12)38-10-37-16/h1-6,8-9,15,18H,7,10H2,(H,29,36)(H,34,35)(H,28,30,32)/t15-,18?/m0/s1. The minimum Gasteiger partial charge on any atom is -0.476 e. The maximum Gasteiger partial charge on any atom is 0.416 e. The van der Waals surface area contributed by atoms with Gasteiger partial charge in [0, 0.05) is 11.8 Å². The Bertz CT molecular complexity index is 1490. The highest BCUT2D eigenvalue weighted by molar-refractivity contribution is 7.14. The molecular weight excluding hydrogens is 545 g/mol. The van der Waals surface area contributed by atoms with E-state index in [1.165, 1.54) is 30.3 Å². The van der Waals surface area contributed by atoms with Crippen molar-refractivity contribution in [1.82, 2.24) is 15.2 Å². The number of halogens is 3. The maximum atomic E-state index is 13.7. The monoisotopic (exact) mass is 562 g/mol. The summed E-state index contributed by atoms with van der Waals surface area (Å²) >= 11 is 0.757. The number of aromatic carboxylic acids is 1. The number of carbonyl (C=O) groups excluding carboxylic acids is 3. The summed E-state index contributed by atoms with van der Waals surface area (Å²) in [5, 5.41) is 14.8. The van der Waals surface area contributed by atoms with Gasteiger partial charge in [-0.15, -0.1) is 11.3 Å². The van der Waals surface area contributed by atoms with Gasteiger partial charge >= 0.3 is 18.2 Å². The van der Waals surface area contributed by atoms with Gasteiger partial charge in [-0.2, -0.15) is 13.2 Å². The SMILES string of the molecule is O=C(O)c1csc(NC(=O)[C@H](Cc2ccccc2C(F)(F)F)N2C(=O)NC(c3ccc4c(c3)OCO4)C2=O)n1. The van der Waals surface area contributed by atoms with E-state index < -0.39 is 54.1 Å². The Morgan fingerprint density at radius 1 is 1.18 bits per heavy atom. The number of thiazole rings is 1. The number of amides is 4. The van der Waals surface area contributed by atoms with Crippen molar-refractivity contribution in [2.75, 3.05) is 12.1 Å². The second kappa shape index (κ2) is 9.90. The van der Waals surface area contributed by atoms with Gasteiger partial charge in [0.1, 0.15) is 12.1 Å². The zero-order valence-electron chi connectivity index (χ0n) is 19.5. The highest BCUT2D eigenvalue weighted by atomic mass is 32.1. The van der Waals surface area contributed by atoms with Crippen LogP contribution in [0.5, 0.6) is 11.5 Å². The van der Waals surface area contributed by atoms with Gasteiger partial charge in [0.05, 0.1) is 5.56 Å². The van der Waals surface area contributed by atoms with E-state index in [1.54, 1.807) is 0 Å². The predicted molar refractivity (Wildman–Crippen MR) is 127 cm³/mol. The van der Waals surface area contributed by atoms with E-state index >= 15 is 0 Å². The summed E-state index contributed by atoms with van der Waals surface area (Å²) in [4.78, 5) is 55.3. The fourth-order valence-corrected chi connectivity index (χ4v) is 4.90. The van der Waals surface area contributed by atoms with Crippen LogP contribution < -0.4 is 20.1 Å². The van der Waals surface area contributed by atoms with Crippen molar-refractivity contribution in [3.63, 3.8) is 0 Å². The minimum atomic E-state index is -4.77. The van der Waals surface area contributed by atoms with Crippen LogP contribution in [0.4, 0.5) is 23.1 Å². The molecule has 0 bridgehead atoms. The first-order chi connectivity index (χ1) is 18.5. The smallest absolute Gasteiger partial charge is 0.416 e. The van der Waals surface area contributed by atoms with Gasteiger partial charge in [0.25, 0.3) is 5.91 Å². The first-order valence-corrected chi connectivity index (χ1v) is 12.1. The number of fused-ring (bicyclic) bond motifs is 1. The third-order valence-electron chi connectivity index (χ3n) is 6.00. The number of carbonyl (C=O) groups is 4. The van der Waals surface area contributed by atoms with Gasteiger partial charge in [-0.05, 0) is 29.3 Å². The molecule has 0 radical (unpaired) electrons. The molecule has 2 aromatic carbocycles. The van der Waals surface area contributed by atoms with Crippen LogP contribution in [0.2, 0.25) is 0 Å². The van der Waals surface area contributed by atoms with Crippen LogP contribution in [-0.2, 0) is 22.2 Å². The molecule has 11 nitrogen and oxygen atoms in total. The Balaban J connectivity index is 1.49. The highest BCUT2D eigenvalue weighted by Gasteiger charge is 2.46. The van der Waals surface area contributed by atoms with E-state index in [4.69, 9.17) is 14.6 Å². The van der Waals surface area contributed by atoms with Crippen molar-refractivity contribution in [2.24, 2.45) is 0 Å². The predicted octanol–water partition coefficient (Wildman–Crippen LogP) is 3.43. The minimum absolute atomic E-state index is 0.0307. The summed E-state index contributed by atoms with van der Waals surface area (Å²) in [5.41, 5.74) is -1.43. The number of hydrogen-bond donors (Lipinski definition) is 3. The number of ether oxygens (including phenoxy) is 2. The third-order valence-corrected chi connectivity index (χ3v) is 6.76. The van der Waals surface area contributed by atoms with Crippen LogP contribution in [0.15, 0.2) is 47.8 Å². The number of imide groups is 1. The van der Waals surface area contributed by atoms with E-state index in [2.05, 4.69) is 15.6 Å². The van der Waals surface area contributed by atoms with Crippen molar-refractivity contribution in [1.29, 1.82) is 0 Å². The number of anilines is 1. The Hall–Kier alpha value is -4.66. The average molecular weight is 562 g/mol. The van der Waals surface area contributed by atoms with Crippen LogP contribution in [0.3, 0.4) is 0 Å². The fraction of sp³-hybridized carbons (Fsp3) is 0.208. The second-order valence-electron chi connectivity index (χ2n) is 8.41. The zero-order chi connectivity index (χ0) is 27.9. The lowest BCUT2D eigenvalue weighted by Gasteiger charge is -2.25. The van der Waals surface area contributed by atoms with Crippen molar-refractivity contribution >= 4 is 40.3 Å². The zero-order valence-corrected chi connectivity index (χ0v) is 20.3. The van der Waals surface area contributed by atoms with Crippen molar-refractivity contribution < 1.29 is 46.9 Å². The molecule has 1 saturated heterocycles. The topological polar surface area (TPSA) is 147 Å². The molecule has 2 aliphatic rings. The molecule has 2 aliphatic heterocycles. The normalized spacial score (nSPS) is 17.2. The first kappa shape index (κ1) is 26.0. The number of hydrogen-bond acceptors (Lipinski definition) is 8. The first-order valence-electron chi connectivity index (χ1n) is 11.2. The Morgan fingerprint density at radius 3 is 2.64 bits per heavy atom. The van der Waals surface area contributed by atoms with E-state index in [9.17, 15) is 32.3 Å². The summed E-state index contributed by atoms with van der Waals surface area (Å²) in [6.45, 7) is -0.0307. The van der Waals surface area contributed by atoms with Crippen LogP contribution in [0, 0.1) is 0 Å². The Morgan fingerprint density at radius 2 is 1.92 bits per heavy atom. The number of carboxylic acids is 1. The molecule has 0 aliphatic carbocycles. The van der Waals surface area contributed by atoms with Gasteiger partial charge < -0.3 is 25.2 Å². The maximum absolute atomic E-state index is 13.7. The molecule has 39 heavy (non-hydrogen) atoms. The molecule has 202 valence electrons. The van der Waals surface area contributed by atoms with E-state index in [-0.39, 0.29) is 23.2 Å². The molecule has 1 unspecified atom stereocenters. The molecule has 5 rings (SSSR count). The molecule has 0 spiro atoms. The van der Waals surface area contributed by atoms with E-state index in [0.29, 0.717) is 22.0 Å². The number of nitrogens with one attached hydrogen (secondary N) is 2. The molecule has 0 saturated carbocycles. The molecule has 1 fully saturated rings. The summed E-state index contributed by atoms with van der Waals surface area (Å²) in [6, 6.07) is 5.01. The fourth-order valence-electron chi connectivity index (χ4n) is 4.21. The van der Waals surface area contributed by atoms with Gasteiger partial charge in [-0.3, -0.25) is 9.59 Å². The lowest BCUT2D eigenvalue weighted by molar-refractivity contribution is -0.138. The molecule has 1 aromatic heterocycles. The second-order valence-corrected chi connectivity index (χ2v) is 9.27. The van der Waals surface area contributed by atoms with Crippen LogP contribution >= 0.6 is 11.3 Å². The largest absolute Gasteiger partial charge is 0.476 e. The van der Waals surface area contributed by atoms with Crippen molar-refractivity contribution in [3.8, 4) is 11.5 Å².